The Kier molecular flexibility index (Phi) is 5.67. The van der Waals surface area contributed by atoms with Crippen LogP contribution in [0.4, 0.5) is 5.13 Å². The molecule has 0 radical (unpaired) electrons. The number of thiazole rings is 1. The first-order chi connectivity index (χ1) is 12.4. The minimum Gasteiger partial charge on any atom is -0.344 e. The van der Waals surface area contributed by atoms with Gasteiger partial charge in [0.05, 0.1) is 18.8 Å². The van der Waals surface area contributed by atoms with Crippen LogP contribution in [0.3, 0.4) is 0 Å². The second-order valence-corrected chi connectivity index (χ2v) is 7.68. The maximum Gasteiger partial charge on any atom is 0.265 e. The third-order valence-electron chi connectivity index (χ3n) is 4.45. The third-order valence-corrected chi connectivity index (χ3v) is 5.51. The van der Waals surface area contributed by atoms with Gasteiger partial charge in [0.25, 0.3) is 5.91 Å². The van der Waals surface area contributed by atoms with Crippen LogP contribution in [0.5, 0.6) is 0 Å². The Balaban J connectivity index is 1.58. The molecule has 2 aromatic heterocycles. The first kappa shape index (κ1) is 18.5. The van der Waals surface area contributed by atoms with Gasteiger partial charge >= 0.3 is 0 Å². The Bertz CT molecular complexity index is 770. The van der Waals surface area contributed by atoms with Gasteiger partial charge in [-0.3, -0.25) is 19.2 Å². The molecule has 3 rings (SSSR count). The van der Waals surface area contributed by atoms with Gasteiger partial charge in [0.2, 0.25) is 5.91 Å². The van der Waals surface area contributed by atoms with Crippen molar-refractivity contribution in [3.8, 4) is 0 Å². The monoisotopic (exact) mass is 376 g/mol. The second kappa shape index (κ2) is 7.96. The normalized spacial score (nSPS) is 17.4. The molecule has 1 saturated heterocycles. The van der Waals surface area contributed by atoms with E-state index in [1.165, 1.54) is 16.2 Å². The molecule has 0 bridgehead atoms. The summed E-state index contributed by atoms with van der Waals surface area (Å²) in [5, 5.41) is 7.56. The average Bonchev–Trinajstić information content (AvgIpc) is 3.30. The highest BCUT2D eigenvalue weighted by Crippen LogP contribution is 2.24. The molecule has 9 heteroatoms. The molecule has 3 heterocycles. The molecule has 1 N–H and O–H groups in total. The number of anilines is 1. The van der Waals surface area contributed by atoms with Crippen molar-refractivity contribution in [1.82, 2.24) is 24.6 Å². The lowest BCUT2D eigenvalue weighted by atomic mass is 10.2. The smallest absolute Gasteiger partial charge is 0.265 e. The summed E-state index contributed by atoms with van der Waals surface area (Å²) in [6.07, 6.45) is 5.85. The predicted octanol–water partition coefficient (Wildman–Crippen LogP) is 1.45. The topological polar surface area (TPSA) is 83.4 Å². The van der Waals surface area contributed by atoms with Crippen molar-refractivity contribution in [3.05, 3.63) is 29.0 Å². The predicted molar refractivity (Wildman–Crippen MR) is 100 cm³/mol. The lowest BCUT2D eigenvalue weighted by molar-refractivity contribution is -0.117. The number of aryl methyl sites for hydroxylation is 1. The summed E-state index contributed by atoms with van der Waals surface area (Å²) in [5.41, 5.74) is 0.640. The standard InChI is InChI=1S/C17H24N6O2S/c1-12-15(16(25)21(2)3)26-17(19-12)20-14(24)11-22-8-4-6-13(22)10-23-9-5-7-18-23/h5,7,9,13H,4,6,8,10-11H2,1-3H3,(H,19,20,24)/t13-/m0/s1. The van der Waals surface area contributed by atoms with Crippen LogP contribution in [0.15, 0.2) is 18.5 Å². The number of nitrogens with zero attached hydrogens (tertiary/aromatic N) is 5. The molecule has 0 aliphatic carbocycles. The van der Waals surface area contributed by atoms with Crippen LogP contribution in [-0.2, 0) is 11.3 Å². The van der Waals surface area contributed by atoms with E-state index in [0.717, 1.165) is 25.9 Å². The summed E-state index contributed by atoms with van der Waals surface area (Å²) >= 11 is 1.22. The van der Waals surface area contributed by atoms with Gasteiger partial charge in [0.1, 0.15) is 4.88 Å². The van der Waals surface area contributed by atoms with Crippen LogP contribution < -0.4 is 5.32 Å². The van der Waals surface area contributed by atoms with E-state index < -0.39 is 0 Å². The van der Waals surface area contributed by atoms with E-state index in [-0.39, 0.29) is 11.8 Å². The van der Waals surface area contributed by atoms with Crippen molar-refractivity contribution in [2.45, 2.75) is 32.4 Å². The van der Waals surface area contributed by atoms with E-state index >= 15 is 0 Å². The van der Waals surface area contributed by atoms with Gasteiger partial charge in [-0.15, -0.1) is 0 Å². The molecule has 140 valence electrons. The van der Waals surface area contributed by atoms with E-state index in [1.807, 2.05) is 16.9 Å². The molecule has 1 aliphatic heterocycles. The Hall–Kier alpha value is -2.26. The van der Waals surface area contributed by atoms with Crippen LogP contribution in [-0.4, -0.2) is 69.6 Å². The van der Waals surface area contributed by atoms with Crippen LogP contribution in [0.25, 0.3) is 0 Å². The molecule has 0 saturated carbocycles. The number of carbonyl (C=O) groups is 2. The van der Waals surface area contributed by atoms with E-state index in [1.54, 1.807) is 27.2 Å². The molecule has 1 atom stereocenters. The van der Waals surface area contributed by atoms with Gasteiger partial charge in [-0.05, 0) is 32.4 Å². The van der Waals surface area contributed by atoms with E-state index in [2.05, 4.69) is 20.3 Å². The van der Waals surface area contributed by atoms with Crippen molar-refractivity contribution < 1.29 is 9.59 Å². The van der Waals surface area contributed by atoms with Crippen LogP contribution in [0.1, 0.15) is 28.2 Å². The molecule has 2 amide bonds. The molecule has 2 aromatic rings. The number of nitrogens with one attached hydrogen (secondary N) is 1. The fourth-order valence-corrected chi connectivity index (χ4v) is 4.13. The largest absolute Gasteiger partial charge is 0.344 e. The van der Waals surface area contributed by atoms with Crippen molar-refractivity contribution in [2.75, 3.05) is 32.5 Å². The highest BCUT2D eigenvalue weighted by atomic mass is 32.1. The highest BCUT2D eigenvalue weighted by molar-refractivity contribution is 7.17. The quantitative estimate of drug-likeness (QED) is 0.825. The zero-order valence-electron chi connectivity index (χ0n) is 15.3. The van der Waals surface area contributed by atoms with Gasteiger partial charge < -0.3 is 10.2 Å². The lowest BCUT2D eigenvalue weighted by Gasteiger charge is -2.23. The number of aromatic nitrogens is 3. The lowest BCUT2D eigenvalue weighted by Crippen LogP contribution is -2.39. The molecule has 26 heavy (non-hydrogen) atoms. The Morgan fingerprint density at radius 3 is 2.92 bits per heavy atom. The molecule has 0 spiro atoms. The van der Waals surface area contributed by atoms with Crippen molar-refractivity contribution >= 4 is 28.3 Å². The third kappa shape index (κ3) is 4.28. The number of hydrogen-bond acceptors (Lipinski definition) is 6. The van der Waals surface area contributed by atoms with Crippen LogP contribution in [0.2, 0.25) is 0 Å². The minimum atomic E-state index is -0.102. The maximum atomic E-state index is 12.4. The van der Waals surface area contributed by atoms with Gasteiger partial charge in [-0.1, -0.05) is 11.3 Å². The van der Waals surface area contributed by atoms with Crippen molar-refractivity contribution in [1.29, 1.82) is 0 Å². The molecule has 0 unspecified atom stereocenters. The molecule has 0 aromatic carbocycles. The fraction of sp³-hybridized carbons (Fsp3) is 0.529. The van der Waals surface area contributed by atoms with Gasteiger partial charge in [-0.25, -0.2) is 4.98 Å². The highest BCUT2D eigenvalue weighted by Gasteiger charge is 2.27. The number of amides is 2. The molecular formula is C17H24N6O2S. The zero-order chi connectivity index (χ0) is 18.7. The summed E-state index contributed by atoms with van der Waals surface area (Å²) in [5.74, 6) is -0.200. The Morgan fingerprint density at radius 2 is 2.23 bits per heavy atom. The van der Waals surface area contributed by atoms with E-state index in [9.17, 15) is 9.59 Å². The average molecular weight is 376 g/mol. The molecule has 8 nitrogen and oxygen atoms in total. The minimum absolute atomic E-state index is 0.0978. The zero-order valence-corrected chi connectivity index (χ0v) is 16.1. The van der Waals surface area contributed by atoms with Crippen LogP contribution >= 0.6 is 11.3 Å². The van der Waals surface area contributed by atoms with E-state index in [0.29, 0.717) is 28.3 Å². The second-order valence-electron chi connectivity index (χ2n) is 6.68. The van der Waals surface area contributed by atoms with Crippen molar-refractivity contribution in [3.63, 3.8) is 0 Å². The van der Waals surface area contributed by atoms with E-state index in [4.69, 9.17) is 0 Å². The number of likely N-dealkylation sites (tertiary alicyclic amines) is 1. The summed E-state index contributed by atoms with van der Waals surface area (Å²) in [4.78, 5) is 33.1. The number of carbonyl (C=O) groups excluding carboxylic acids is 2. The van der Waals surface area contributed by atoms with Gasteiger partial charge in [0, 0.05) is 32.5 Å². The Labute approximate surface area is 156 Å². The van der Waals surface area contributed by atoms with Crippen molar-refractivity contribution in [2.24, 2.45) is 0 Å². The summed E-state index contributed by atoms with van der Waals surface area (Å²) < 4.78 is 1.91. The fourth-order valence-electron chi connectivity index (χ4n) is 3.13. The summed E-state index contributed by atoms with van der Waals surface area (Å²) in [6, 6.07) is 2.22. The summed E-state index contributed by atoms with van der Waals surface area (Å²) in [7, 11) is 3.40. The molecule has 1 aliphatic rings. The summed E-state index contributed by atoms with van der Waals surface area (Å²) in [6.45, 7) is 3.80. The van der Waals surface area contributed by atoms with Gasteiger partial charge in [0.15, 0.2) is 5.13 Å². The first-order valence-corrected chi connectivity index (χ1v) is 9.46. The Morgan fingerprint density at radius 1 is 1.42 bits per heavy atom. The molecular weight excluding hydrogens is 352 g/mol. The van der Waals surface area contributed by atoms with Crippen LogP contribution in [0, 0.1) is 6.92 Å². The number of rotatable bonds is 6. The SMILES string of the molecule is Cc1nc(NC(=O)CN2CCC[C@H]2Cn2cccn2)sc1C(=O)N(C)C. The molecule has 1 fully saturated rings. The van der Waals surface area contributed by atoms with Gasteiger partial charge in [-0.2, -0.15) is 5.10 Å². The maximum absolute atomic E-state index is 12.4. The first-order valence-electron chi connectivity index (χ1n) is 8.64. The number of hydrogen-bond donors (Lipinski definition) is 1.